The van der Waals surface area contributed by atoms with Gasteiger partial charge in [-0.1, -0.05) is 15.9 Å². The molecule has 0 aliphatic rings. The van der Waals surface area contributed by atoms with E-state index >= 15 is 0 Å². The van der Waals surface area contributed by atoms with Crippen LogP contribution in [0.2, 0.25) is 0 Å². The fourth-order valence-electron chi connectivity index (χ4n) is 1.67. The van der Waals surface area contributed by atoms with Crippen LogP contribution in [0.1, 0.15) is 5.56 Å². The zero-order chi connectivity index (χ0) is 14.5. The number of hydrogen-bond acceptors (Lipinski definition) is 5. The maximum Gasteiger partial charge on any atom is 0.274 e. The summed E-state index contributed by atoms with van der Waals surface area (Å²) in [6.45, 7) is 0.669. The lowest BCUT2D eigenvalue weighted by atomic mass is 10.2. The lowest BCUT2D eigenvalue weighted by Gasteiger charge is -2.07. The van der Waals surface area contributed by atoms with Crippen molar-refractivity contribution in [2.45, 2.75) is 6.54 Å². The van der Waals surface area contributed by atoms with Gasteiger partial charge >= 0.3 is 0 Å². The van der Waals surface area contributed by atoms with Crippen LogP contribution in [-0.4, -0.2) is 17.0 Å². The lowest BCUT2D eigenvalue weighted by molar-refractivity contribution is -0.385. The predicted octanol–water partition coefficient (Wildman–Crippen LogP) is 3.26. The van der Waals surface area contributed by atoms with Crippen molar-refractivity contribution >= 4 is 21.6 Å². The highest BCUT2D eigenvalue weighted by atomic mass is 79.9. The van der Waals surface area contributed by atoms with E-state index in [0.29, 0.717) is 22.5 Å². The van der Waals surface area contributed by atoms with Gasteiger partial charge in [0.05, 0.1) is 17.2 Å². The Morgan fingerprint density at radius 2 is 2.10 bits per heavy atom. The minimum atomic E-state index is -0.465. The molecule has 0 unspecified atom stereocenters. The van der Waals surface area contributed by atoms with Crippen molar-refractivity contribution < 1.29 is 9.66 Å². The first-order valence-electron chi connectivity index (χ1n) is 5.80. The molecule has 7 heteroatoms. The Labute approximate surface area is 124 Å². The van der Waals surface area contributed by atoms with Gasteiger partial charge in [-0.15, -0.1) is 0 Å². The number of nitro groups is 1. The highest BCUT2D eigenvalue weighted by Gasteiger charge is 2.10. The molecule has 0 saturated carbocycles. The molecule has 2 aromatic rings. The summed E-state index contributed by atoms with van der Waals surface area (Å²) >= 11 is 3.22. The molecule has 6 nitrogen and oxygen atoms in total. The standard InChI is InChI=1S/C13H12BrN3O3/c1-15-6-9-2-13(8-16-7-9)20-12-4-10(14)3-11(5-12)17(18)19/h2-5,7-8,15H,6H2,1H3. The Morgan fingerprint density at radius 1 is 1.30 bits per heavy atom. The van der Waals surface area contributed by atoms with Crippen LogP contribution in [0, 0.1) is 10.1 Å². The number of ether oxygens (including phenoxy) is 1. The van der Waals surface area contributed by atoms with Crippen molar-refractivity contribution in [3.63, 3.8) is 0 Å². The van der Waals surface area contributed by atoms with Crippen molar-refractivity contribution in [3.8, 4) is 11.5 Å². The molecule has 1 aromatic heterocycles. The van der Waals surface area contributed by atoms with Crippen molar-refractivity contribution in [2.24, 2.45) is 0 Å². The Morgan fingerprint density at radius 3 is 2.80 bits per heavy atom. The molecule has 104 valence electrons. The predicted molar refractivity (Wildman–Crippen MR) is 77.9 cm³/mol. The van der Waals surface area contributed by atoms with Crippen LogP contribution in [0.25, 0.3) is 0 Å². The van der Waals surface area contributed by atoms with Crippen LogP contribution >= 0.6 is 15.9 Å². The van der Waals surface area contributed by atoms with Crippen LogP contribution in [0.15, 0.2) is 41.1 Å². The number of hydrogen-bond donors (Lipinski definition) is 1. The van der Waals surface area contributed by atoms with Gasteiger partial charge in [0, 0.05) is 23.3 Å². The summed E-state index contributed by atoms with van der Waals surface area (Å²) in [5.41, 5.74) is 0.934. The molecule has 2 rings (SSSR count). The molecule has 20 heavy (non-hydrogen) atoms. The highest BCUT2D eigenvalue weighted by Crippen LogP contribution is 2.29. The molecule has 0 aliphatic heterocycles. The first-order chi connectivity index (χ1) is 9.58. The summed E-state index contributed by atoms with van der Waals surface area (Å²) in [7, 11) is 1.84. The van der Waals surface area contributed by atoms with E-state index in [1.165, 1.54) is 12.1 Å². The van der Waals surface area contributed by atoms with Gasteiger partial charge in [-0.3, -0.25) is 15.1 Å². The second-order valence-electron chi connectivity index (χ2n) is 4.06. The van der Waals surface area contributed by atoms with E-state index in [2.05, 4.69) is 26.2 Å². The maximum absolute atomic E-state index is 10.8. The van der Waals surface area contributed by atoms with Gasteiger partial charge in [-0.25, -0.2) is 0 Å². The van der Waals surface area contributed by atoms with Crippen molar-refractivity contribution in [2.75, 3.05) is 7.05 Å². The highest BCUT2D eigenvalue weighted by molar-refractivity contribution is 9.10. The molecule has 0 amide bonds. The molecule has 0 fully saturated rings. The van der Waals surface area contributed by atoms with E-state index in [9.17, 15) is 10.1 Å². The monoisotopic (exact) mass is 337 g/mol. The van der Waals surface area contributed by atoms with Crippen molar-refractivity contribution in [1.82, 2.24) is 10.3 Å². The third-order valence-corrected chi connectivity index (χ3v) is 2.91. The fourth-order valence-corrected chi connectivity index (χ4v) is 2.13. The topological polar surface area (TPSA) is 77.3 Å². The minimum absolute atomic E-state index is 0.0336. The van der Waals surface area contributed by atoms with Crippen LogP contribution in [-0.2, 0) is 6.54 Å². The molecule has 0 atom stereocenters. The van der Waals surface area contributed by atoms with Crippen molar-refractivity contribution in [1.29, 1.82) is 0 Å². The molecule has 1 N–H and O–H groups in total. The number of non-ortho nitro benzene ring substituents is 1. The second kappa shape index (κ2) is 6.44. The van der Waals surface area contributed by atoms with Gasteiger partial charge in [0.2, 0.25) is 0 Å². The summed E-state index contributed by atoms with van der Waals surface area (Å²) < 4.78 is 6.20. The quantitative estimate of drug-likeness (QED) is 0.669. The smallest absolute Gasteiger partial charge is 0.274 e. The van der Waals surface area contributed by atoms with Crippen molar-refractivity contribution in [3.05, 3.63) is 56.8 Å². The number of nitrogens with zero attached hydrogens (tertiary/aromatic N) is 2. The first kappa shape index (κ1) is 14.4. The van der Waals surface area contributed by atoms with E-state index < -0.39 is 4.92 Å². The van der Waals surface area contributed by atoms with Gasteiger partial charge in [-0.05, 0) is 24.7 Å². The summed E-state index contributed by atoms with van der Waals surface area (Å²) in [6.07, 6.45) is 3.29. The Bertz CT molecular complexity index is 634. The minimum Gasteiger partial charge on any atom is -0.455 e. The first-order valence-corrected chi connectivity index (χ1v) is 6.59. The molecule has 1 heterocycles. The van der Waals surface area contributed by atoms with E-state index in [0.717, 1.165) is 5.56 Å². The zero-order valence-electron chi connectivity index (χ0n) is 10.7. The third kappa shape index (κ3) is 3.75. The van der Waals surface area contributed by atoms with Gasteiger partial charge < -0.3 is 10.1 Å². The maximum atomic E-state index is 10.8. The number of nitrogens with one attached hydrogen (secondary N) is 1. The average Bonchev–Trinajstić information content (AvgIpc) is 2.38. The number of halogens is 1. The normalized spacial score (nSPS) is 10.3. The number of pyridine rings is 1. The van der Waals surface area contributed by atoms with Gasteiger partial charge in [0.25, 0.3) is 5.69 Å². The molecule has 0 spiro atoms. The van der Waals surface area contributed by atoms with Crippen LogP contribution in [0.5, 0.6) is 11.5 Å². The van der Waals surface area contributed by atoms with Crippen LogP contribution < -0.4 is 10.1 Å². The summed E-state index contributed by atoms with van der Waals surface area (Å²) in [4.78, 5) is 14.4. The second-order valence-corrected chi connectivity index (χ2v) is 4.98. The van der Waals surface area contributed by atoms with E-state index in [1.54, 1.807) is 18.5 Å². The Kier molecular flexibility index (Phi) is 4.65. The molecular formula is C13H12BrN3O3. The number of rotatable bonds is 5. The molecule has 0 aliphatic carbocycles. The summed E-state index contributed by atoms with van der Waals surface area (Å²) in [5, 5.41) is 13.8. The number of nitro benzene ring substituents is 1. The summed E-state index contributed by atoms with van der Waals surface area (Å²) in [6, 6.07) is 6.28. The van der Waals surface area contributed by atoms with Gasteiger partial charge in [-0.2, -0.15) is 0 Å². The third-order valence-electron chi connectivity index (χ3n) is 2.45. The van der Waals surface area contributed by atoms with Gasteiger partial charge in [0.1, 0.15) is 11.5 Å². The van der Waals surface area contributed by atoms with E-state index in [1.807, 2.05) is 13.1 Å². The SMILES string of the molecule is CNCc1cncc(Oc2cc(Br)cc([N+](=O)[O-])c2)c1. The summed E-state index contributed by atoms with van der Waals surface area (Å²) in [5.74, 6) is 0.916. The molecule has 0 bridgehead atoms. The van der Waals surface area contributed by atoms with E-state index in [4.69, 9.17) is 4.74 Å². The van der Waals surface area contributed by atoms with Crippen LogP contribution in [0.3, 0.4) is 0 Å². The Balaban J connectivity index is 2.25. The Hall–Kier alpha value is -1.99. The fraction of sp³-hybridized carbons (Fsp3) is 0.154. The lowest BCUT2D eigenvalue weighted by Crippen LogP contribution is -2.05. The molecular weight excluding hydrogens is 326 g/mol. The number of benzene rings is 1. The van der Waals surface area contributed by atoms with Crippen LogP contribution in [0.4, 0.5) is 5.69 Å². The van der Waals surface area contributed by atoms with E-state index in [-0.39, 0.29) is 5.69 Å². The molecule has 0 saturated heterocycles. The molecule has 0 radical (unpaired) electrons. The average molecular weight is 338 g/mol. The molecule has 1 aromatic carbocycles. The van der Waals surface area contributed by atoms with Gasteiger partial charge in [0.15, 0.2) is 0 Å². The zero-order valence-corrected chi connectivity index (χ0v) is 12.3. The number of aromatic nitrogens is 1. The largest absolute Gasteiger partial charge is 0.455 e.